The van der Waals surface area contributed by atoms with Crippen molar-refractivity contribution in [3.8, 4) is 0 Å². The molecule has 2 amide bonds. The lowest BCUT2D eigenvalue weighted by Crippen LogP contribution is -2.59. The van der Waals surface area contributed by atoms with Crippen LogP contribution in [-0.2, 0) is 9.53 Å². The number of nitrogens with one attached hydrogen (secondary N) is 2. The van der Waals surface area contributed by atoms with E-state index in [1.165, 1.54) is 11.3 Å². The molecule has 0 aromatic carbocycles. The number of aliphatic carboxylic acids is 1. The zero-order valence-electron chi connectivity index (χ0n) is 11.8. The van der Waals surface area contributed by atoms with Crippen LogP contribution in [0.2, 0.25) is 0 Å². The first-order chi connectivity index (χ1) is 10.0. The quantitative estimate of drug-likeness (QED) is 0.758. The number of amides is 2. The molecule has 1 aliphatic rings. The zero-order valence-corrected chi connectivity index (χ0v) is 12.6. The van der Waals surface area contributed by atoms with Gasteiger partial charge in [0.25, 0.3) is 0 Å². The lowest BCUT2D eigenvalue weighted by atomic mass is 9.90. The Labute approximate surface area is 126 Å². The third kappa shape index (κ3) is 3.92. The number of ether oxygens (including phenoxy) is 1. The van der Waals surface area contributed by atoms with Gasteiger partial charge in [0.2, 0.25) is 0 Å². The number of hydrogen-bond donors (Lipinski definition) is 3. The molecule has 116 valence electrons. The molecule has 3 N–H and O–H groups in total. The van der Waals surface area contributed by atoms with Crippen LogP contribution >= 0.6 is 11.3 Å². The van der Waals surface area contributed by atoms with Crippen molar-refractivity contribution in [3.05, 3.63) is 16.6 Å². The van der Waals surface area contributed by atoms with E-state index in [0.717, 1.165) is 5.01 Å². The summed E-state index contributed by atoms with van der Waals surface area (Å²) in [6.07, 6.45) is 2.27. The second kappa shape index (κ2) is 6.86. The van der Waals surface area contributed by atoms with E-state index < -0.39 is 17.5 Å². The highest BCUT2D eigenvalue weighted by molar-refractivity contribution is 7.09. The summed E-state index contributed by atoms with van der Waals surface area (Å²) in [5.41, 5.74) is -1.23. The van der Waals surface area contributed by atoms with Gasteiger partial charge in [-0.25, -0.2) is 14.6 Å². The summed E-state index contributed by atoms with van der Waals surface area (Å²) < 4.78 is 5.16. The maximum atomic E-state index is 12.0. The first kappa shape index (κ1) is 15.7. The average molecular weight is 313 g/mol. The summed E-state index contributed by atoms with van der Waals surface area (Å²) in [7, 11) is 0. The highest BCUT2D eigenvalue weighted by Gasteiger charge is 2.41. The Morgan fingerprint density at radius 2 is 2.24 bits per heavy atom. The number of aromatic nitrogens is 1. The fourth-order valence-corrected chi connectivity index (χ4v) is 2.88. The molecule has 1 aliphatic heterocycles. The fraction of sp³-hybridized carbons (Fsp3) is 0.615. The molecule has 0 aliphatic carbocycles. The zero-order chi connectivity index (χ0) is 15.3. The van der Waals surface area contributed by atoms with E-state index in [1.807, 2.05) is 12.3 Å². The van der Waals surface area contributed by atoms with Crippen LogP contribution in [-0.4, -0.2) is 47.4 Å². The Morgan fingerprint density at radius 1 is 1.52 bits per heavy atom. The van der Waals surface area contributed by atoms with Crippen molar-refractivity contribution in [2.45, 2.75) is 31.2 Å². The molecular weight excluding hydrogens is 294 g/mol. The highest BCUT2D eigenvalue weighted by atomic mass is 32.1. The lowest BCUT2D eigenvalue weighted by Gasteiger charge is -2.33. The van der Waals surface area contributed by atoms with Crippen LogP contribution in [0.4, 0.5) is 4.79 Å². The fourth-order valence-electron chi connectivity index (χ4n) is 2.18. The second-order valence-corrected chi connectivity index (χ2v) is 6.03. The minimum Gasteiger partial charge on any atom is -0.480 e. The molecule has 1 saturated heterocycles. The number of thiazole rings is 1. The molecule has 8 heteroatoms. The van der Waals surface area contributed by atoms with Gasteiger partial charge in [0.1, 0.15) is 5.54 Å². The third-order valence-corrected chi connectivity index (χ3v) is 4.56. The van der Waals surface area contributed by atoms with Crippen molar-refractivity contribution >= 4 is 23.3 Å². The Hall–Kier alpha value is -1.67. The summed E-state index contributed by atoms with van der Waals surface area (Å²) in [4.78, 5) is 27.6. The number of carbonyl (C=O) groups is 2. The van der Waals surface area contributed by atoms with Gasteiger partial charge in [-0.3, -0.25) is 0 Å². The van der Waals surface area contributed by atoms with E-state index in [4.69, 9.17) is 4.74 Å². The van der Waals surface area contributed by atoms with E-state index in [2.05, 4.69) is 15.6 Å². The predicted octanol–water partition coefficient (Wildman–Crippen LogP) is 1.18. The molecule has 1 fully saturated rings. The monoisotopic (exact) mass is 313 g/mol. The first-order valence-corrected chi connectivity index (χ1v) is 7.68. The maximum absolute atomic E-state index is 12.0. The van der Waals surface area contributed by atoms with E-state index in [-0.39, 0.29) is 18.8 Å². The van der Waals surface area contributed by atoms with Gasteiger partial charge in [-0.15, -0.1) is 11.3 Å². The van der Waals surface area contributed by atoms with Gasteiger partial charge in [0.05, 0.1) is 5.01 Å². The van der Waals surface area contributed by atoms with Gasteiger partial charge in [-0.05, 0) is 0 Å². The van der Waals surface area contributed by atoms with Crippen molar-refractivity contribution in [2.24, 2.45) is 0 Å². The number of hydrogen-bond acceptors (Lipinski definition) is 5. The SMILES string of the molecule is CC(CNC(=O)NC1(C(=O)O)CCOCC1)c1nccs1. The Balaban J connectivity index is 1.86. The summed E-state index contributed by atoms with van der Waals surface area (Å²) in [6.45, 7) is 3.04. The molecule has 0 spiro atoms. The van der Waals surface area contributed by atoms with Crippen LogP contribution in [0.5, 0.6) is 0 Å². The Kier molecular flexibility index (Phi) is 5.13. The summed E-state index contributed by atoms with van der Waals surface area (Å²) in [6, 6.07) is -0.470. The smallest absolute Gasteiger partial charge is 0.329 e. The standard InChI is InChI=1S/C13H19N3O4S/c1-9(10-14-4-7-21-10)8-15-12(19)16-13(11(17)18)2-5-20-6-3-13/h4,7,9H,2-3,5-6,8H2,1H3,(H,17,18)(H2,15,16,19). The Morgan fingerprint density at radius 3 is 2.81 bits per heavy atom. The van der Waals surface area contributed by atoms with E-state index in [0.29, 0.717) is 19.8 Å². The number of carboxylic acids is 1. The van der Waals surface area contributed by atoms with Gasteiger partial charge in [-0.1, -0.05) is 6.92 Å². The van der Waals surface area contributed by atoms with E-state index >= 15 is 0 Å². The summed E-state index contributed by atoms with van der Waals surface area (Å²) in [5, 5.41) is 17.5. The van der Waals surface area contributed by atoms with Crippen molar-refractivity contribution in [1.29, 1.82) is 0 Å². The van der Waals surface area contributed by atoms with Gasteiger partial charge >= 0.3 is 12.0 Å². The van der Waals surface area contributed by atoms with Crippen LogP contribution in [0, 0.1) is 0 Å². The molecule has 1 aromatic rings. The van der Waals surface area contributed by atoms with Gasteiger partial charge < -0.3 is 20.5 Å². The molecule has 0 bridgehead atoms. The molecule has 1 unspecified atom stereocenters. The average Bonchev–Trinajstić information content (AvgIpc) is 3.00. The Bertz CT molecular complexity index is 486. The topological polar surface area (TPSA) is 101 Å². The second-order valence-electron chi connectivity index (χ2n) is 5.11. The number of carbonyl (C=O) groups excluding carboxylic acids is 1. The molecule has 1 atom stereocenters. The molecule has 0 saturated carbocycles. The van der Waals surface area contributed by atoms with Gasteiger partial charge in [0, 0.05) is 50.1 Å². The molecule has 21 heavy (non-hydrogen) atoms. The largest absolute Gasteiger partial charge is 0.480 e. The van der Waals surface area contributed by atoms with Crippen molar-refractivity contribution in [3.63, 3.8) is 0 Å². The number of rotatable bonds is 5. The molecular formula is C13H19N3O4S. The highest BCUT2D eigenvalue weighted by Crippen LogP contribution is 2.21. The normalized spacial score (nSPS) is 18.7. The van der Waals surface area contributed by atoms with Crippen molar-refractivity contribution in [1.82, 2.24) is 15.6 Å². The van der Waals surface area contributed by atoms with Crippen LogP contribution in [0.15, 0.2) is 11.6 Å². The number of carboxylic acid groups (broad SMARTS) is 1. The van der Waals surface area contributed by atoms with Crippen molar-refractivity contribution in [2.75, 3.05) is 19.8 Å². The van der Waals surface area contributed by atoms with Crippen LogP contribution in [0.25, 0.3) is 0 Å². The van der Waals surface area contributed by atoms with Crippen LogP contribution in [0.1, 0.15) is 30.7 Å². The number of nitrogens with zero attached hydrogens (tertiary/aromatic N) is 1. The predicted molar refractivity (Wildman–Crippen MR) is 77.5 cm³/mol. The summed E-state index contributed by atoms with van der Waals surface area (Å²) in [5.74, 6) is -0.930. The first-order valence-electron chi connectivity index (χ1n) is 6.80. The summed E-state index contributed by atoms with van der Waals surface area (Å²) >= 11 is 1.53. The third-order valence-electron chi connectivity index (χ3n) is 3.55. The maximum Gasteiger partial charge on any atom is 0.329 e. The molecule has 2 rings (SSSR count). The van der Waals surface area contributed by atoms with E-state index in [9.17, 15) is 14.7 Å². The number of urea groups is 1. The minimum absolute atomic E-state index is 0.0891. The molecule has 7 nitrogen and oxygen atoms in total. The molecule has 0 radical (unpaired) electrons. The van der Waals surface area contributed by atoms with Gasteiger partial charge in [-0.2, -0.15) is 0 Å². The van der Waals surface area contributed by atoms with Crippen molar-refractivity contribution < 1.29 is 19.4 Å². The van der Waals surface area contributed by atoms with E-state index in [1.54, 1.807) is 6.20 Å². The van der Waals surface area contributed by atoms with Crippen LogP contribution in [0.3, 0.4) is 0 Å². The lowest BCUT2D eigenvalue weighted by molar-refractivity contribution is -0.148. The molecule has 2 heterocycles. The van der Waals surface area contributed by atoms with Gasteiger partial charge in [0.15, 0.2) is 0 Å². The minimum atomic E-state index is -1.23. The molecule has 1 aromatic heterocycles. The van der Waals surface area contributed by atoms with Crippen LogP contribution < -0.4 is 10.6 Å².